The van der Waals surface area contributed by atoms with E-state index in [-0.39, 0.29) is 6.10 Å². The Hall–Kier alpha value is -2.22. The third-order valence-corrected chi connectivity index (χ3v) is 3.30. The molecule has 1 unspecified atom stereocenters. The molecule has 3 heterocycles. The van der Waals surface area contributed by atoms with Gasteiger partial charge in [-0.1, -0.05) is 6.92 Å². The van der Waals surface area contributed by atoms with E-state index in [2.05, 4.69) is 32.3 Å². The van der Waals surface area contributed by atoms with Crippen LogP contribution in [0.1, 0.15) is 19.8 Å². The average Bonchev–Trinajstić information content (AvgIpc) is 3.16. The zero-order valence-corrected chi connectivity index (χ0v) is 12.0. The fourth-order valence-corrected chi connectivity index (χ4v) is 2.22. The summed E-state index contributed by atoms with van der Waals surface area (Å²) in [7, 11) is 0. The van der Waals surface area contributed by atoms with E-state index in [9.17, 15) is 5.11 Å². The molecule has 0 saturated carbocycles. The Bertz CT molecular complexity index is 586. The molecule has 2 aromatic rings. The van der Waals surface area contributed by atoms with Crippen LogP contribution < -0.4 is 10.2 Å². The van der Waals surface area contributed by atoms with Crippen molar-refractivity contribution in [2.24, 2.45) is 0 Å². The van der Waals surface area contributed by atoms with Crippen LogP contribution in [-0.2, 0) is 0 Å². The minimum atomic E-state index is -0.318. The van der Waals surface area contributed by atoms with Crippen molar-refractivity contribution in [1.82, 2.24) is 24.7 Å². The van der Waals surface area contributed by atoms with Gasteiger partial charge >= 0.3 is 0 Å². The maximum absolute atomic E-state index is 9.68. The smallest absolute Gasteiger partial charge is 0.257 e. The van der Waals surface area contributed by atoms with E-state index in [1.54, 1.807) is 17.1 Å². The predicted octanol–water partition coefficient (Wildman–Crippen LogP) is 0.450. The number of hydrogen-bond acceptors (Lipinski definition) is 7. The number of hydrogen-bond donors (Lipinski definition) is 2. The van der Waals surface area contributed by atoms with Gasteiger partial charge in [-0.15, -0.1) is 0 Å². The second-order valence-electron chi connectivity index (χ2n) is 5.02. The van der Waals surface area contributed by atoms with Gasteiger partial charge < -0.3 is 15.3 Å². The van der Waals surface area contributed by atoms with Crippen LogP contribution in [0.25, 0.3) is 5.95 Å². The lowest BCUT2D eigenvalue weighted by Gasteiger charge is -2.17. The number of rotatable bonds is 5. The molecule has 1 aliphatic rings. The van der Waals surface area contributed by atoms with Gasteiger partial charge in [0.15, 0.2) is 0 Å². The SMILES string of the molecule is CCCNc1nc(N2CCC(O)C2)nc(-n2cccn2)n1. The number of aromatic nitrogens is 5. The fraction of sp³-hybridized carbons (Fsp3) is 0.538. The van der Waals surface area contributed by atoms with Gasteiger partial charge in [0.1, 0.15) is 0 Å². The first-order valence-electron chi connectivity index (χ1n) is 7.19. The van der Waals surface area contributed by atoms with Crippen molar-refractivity contribution in [1.29, 1.82) is 0 Å². The number of β-amino-alcohol motifs (C(OH)–C–C–N with tert-alkyl or cyclic N) is 1. The van der Waals surface area contributed by atoms with Gasteiger partial charge in [-0.05, 0) is 18.9 Å². The summed E-state index contributed by atoms with van der Waals surface area (Å²) in [5.41, 5.74) is 0. The molecule has 1 saturated heterocycles. The third-order valence-electron chi connectivity index (χ3n) is 3.30. The van der Waals surface area contributed by atoms with Gasteiger partial charge in [0, 0.05) is 32.0 Å². The van der Waals surface area contributed by atoms with Crippen LogP contribution in [0.15, 0.2) is 18.5 Å². The molecule has 2 aromatic heterocycles. The first-order chi connectivity index (χ1) is 10.3. The van der Waals surface area contributed by atoms with E-state index in [1.807, 2.05) is 11.0 Å². The van der Waals surface area contributed by atoms with E-state index < -0.39 is 0 Å². The normalized spacial score (nSPS) is 18.2. The first-order valence-corrected chi connectivity index (χ1v) is 7.19. The molecule has 3 rings (SSSR count). The van der Waals surface area contributed by atoms with Crippen molar-refractivity contribution >= 4 is 11.9 Å². The Labute approximate surface area is 122 Å². The molecule has 1 aliphatic heterocycles. The van der Waals surface area contributed by atoms with E-state index in [0.29, 0.717) is 24.4 Å². The summed E-state index contributed by atoms with van der Waals surface area (Å²) < 4.78 is 1.61. The predicted molar refractivity (Wildman–Crippen MR) is 78.6 cm³/mol. The van der Waals surface area contributed by atoms with Gasteiger partial charge in [0.05, 0.1) is 6.10 Å². The van der Waals surface area contributed by atoms with E-state index in [0.717, 1.165) is 25.9 Å². The number of nitrogens with zero attached hydrogens (tertiary/aromatic N) is 6. The molecule has 8 nitrogen and oxygen atoms in total. The van der Waals surface area contributed by atoms with Gasteiger partial charge in [-0.25, -0.2) is 4.68 Å². The highest BCUT2D eigenvalue weighted by Crippen LogP contribution is 2.18. The molecule has 8 heteroatoms. The summed E-state index contributed by atoms with van der Waals surface area (Å²) in [6, 6.07) is 1.82. The van der Waals surface area contributed by atoms with Crippen molar-refractivity contribution in [2.45, 2.75) is 25.9 Å². The van der Waals surface area contributed by atoms with Crippen LogP contribution in [0.2, 0.25) is 0 Å². The quantitative estimate of drug-likeness (QED) is 0.825. The average molecular weight is 289 g/mol. The standard InChI is InChI=1S/C13H19N7O/c1-2-5-14-11-16-12(19-8-4-10(21)9-19)18-13(17-11)20-7-3-6-15-20/h3,6-7,10,21H,2,4-5,8-9H2,1H3,(H,14,16,17,18). The molecule has 2 N–H and O–H groups in total. The molecule has 0 radical (unpaired) electrons. The Kier molecular flexibility index (Phi) is 3.96. The molecule has 0 amide bonds. The van der Waals surface area contributed by atoms with Crippen LogP contribution in [0.3, 0.4) is 0 Å². The van der Waals surface area contributed by atoms with Crippen molar-refractivity contribution < 1.29 is 5.11 Å². The maximum Gasteiger partial charge on any atom is 0.257 e. The minimum Gasteiger partial charge on any atom is -0.391 e. The third kappa shape index (κ3) is 3.10. The summed E-state index contributed by atoms with van der Waals surface area (Å²) >= 11 is 0. The number of nitrogens with one attached hydrogen (secondary N) is 1. The van der Waals surface area contributed by atoms with Crippen molar-refractivity contribution in [3.63, 3.8) is 0 Å². The maximum atomic E-state index is 9.68. The zero-order valence-electron chi connectivity index (χ0n) is 12.0. The van der Waals surface area contributed by atoms with Gasteiger partial charge in [-0.2, -0.15) is 20.1 Å². The molecule has 0 aliphatic carbocycles. The molecule has 0 aromatic carbocycles. The van der Waals surface area contributed by atoms with Crippen LogP contribution in [0.5, 0.6) is 0 Å². The van der Waals surface area contributed by atoms with E-state index in [1.165, 1.54) is 0 Å². The summed E-state index contributed by atoms with van der Waals surface area (Å²) in [5, 5.41) is 17.0. The summed E-state index contributed by atoms with van der Waals surface area (Å²) in [6.07, 6.45) is 4.88. The van der Waals surface area contributed by atoms with E-state index in [4.69, 9.17) is 0 Å². The summed E-state index contributed by atoms with van der Waals surface area (Å²) in [4.78, 5) is 15.2. The van der Waals surface area contributed by atoms with Crippen LogP contribution >= 0.6 is 0 Å². The number of aliphatic hydroxyl groups excluding tert-OH is 1. The number of aliphatic hydroxyl groups is 1. The molecule has 0 bridgehead atoms. The van der Waals surface area contributed by atoms with Crippen molar-refractivity contribution in [2.75, 3.05) is 29.9 Å². The van der Waals surface area contributed by atoms with Crippen LogP contribution in [0, 0.1) is 0 Å². The minimum absolute atomic E-state index is 0.318. The van der Waals surface area contributed by atoms with E-state index >= 15 is 0 Å². The molecule has 1 atom stereocenters. The zero-order chi connectivity index (χ0) is 14.7. The summed E-state index contributed by atoms with van der Waals surface area (Å²) in [5.74, 6) is 1.59. The lowest BCUT2D eigenvalue weighted by Crippen LogP contribution is -2.25. The second-order valence-corrected chi connectivity index (χ2v) is 5.02. The molecule has 1 fully saturated rings. The fourth-order valence-electron chi connectivity index (χ4n) is 2.22. The monoisotopic (exact) mass is 289 g/mol. The Morgan fingerprint density at radius 2 is 2.19 bits per heavy atom. The molecule has 0 spiro atoms. The molecule has 112 valence electrons. The van der Waals surface area contributed by atoms with Gasteiger partial charge in [0.25, 0.3) is 5.95 Å². The second kappa shape index (κ2) is 6.04. The number of anilines is 2. The van der Waals surface area contributed by atoms with Crippen LogP contribution in [-0.4, -0.2) is 55.6 Å². The lowest BCUT2D eigenvalue weighted by atomic mass is 10.3. The Balaban J connectivity index is 1.92. The van der Waals surface area contributed by atoms with Crippen LogP contribution in [0.4, 0.5) is 11.9 Å². The Morgan fingerprint density at radius 3 is 2.86 bits per heavy atom. The largest absolute Gasteiger partial charge is 0.391 e. The van der Waals surface area contributed by atoms with Gasteiger partial charge in [-0.3, -0.25) is 0 Å². The lowest BCUT2D eigenvalue weighted by molar-refractivity contribution is 0.198. The first kappa shape index (κ1) is 13.7. The van der Waals surface area contributed by atoms with Gasteiger partial charge in [0.2, 0.25) is 11.9 Å². The molecule has 21 heavy (non-hydrogen) atoms. The van der Waals surface area contributed by atoms with Crippen molar-refractivity contribution in [3.8, 4) is 5.95 Å². The topological polar surface area (TPSA) is 92.0 Å². The Morgan fingerprint density at radius 1 is 1.33 bits per heavy atom. The molecular formula is C13H19N7O. The summed E-state index contributed by atoms with van der Waals surface area (Å²) in [6.45, 7) is 4.18. The highest BCUT2D eigenvalue weighted by atomic mass is 16.3. The van der Waals surface area contributed by atoms with Crippen molar-refractivity contribution in [3.05, 3.63) is 18.5 Å². The highest BCUT2D eigenvalue weighted by Gasteiger charge is 2.23. The molecular weight excluding hydrogens is 270 g/mol. The highest BCUT2D eigenvalue weighted by molar-refractivity contribution is 5.41.